The Hall–Kier alpha value is -3.04. The summed E-state index contributed by atoms with van der Waals surface area (Å²) < 4.78 is 14.1. The number of ether oxygens (including phenoxy) is 1. The molecule has 2 unspecified atom stereocenters. The Balaban J connectivity index is 1.76. The van der Waals surface area contributed by atoms with Crippen LogP contribution in [-0.4, -0.2) is 49.0 Å². The van der Waals surface area contributed by atoms with E-state index in [-0.39, 0.29) is 30.0 Å². The van der Waals surface area contributed by atoms with E-state index >= 15 is 0 Å². The van der Waals surface area contributed by atoms with Crippen LogP contribution in [-0.2, 0) is 4.74 Å². The lowest BCUT2D eigenvalue weighted by Gasteiger charge is -2.17. The number of aliphatic hydroxyl groups excluding tert-OH is 1. The predicted octanol–water partition coefficient (Wildman–Crippen LogP) is 1.76. The van der Waals surface area contributed by atoms with Crippen LogP contribution in [0, 0.1) is 0 Å². The minimum Gasteiger partial charge on any atom is -0.394 e. The lowest BCUT2D eigenvalue weighted by Crippen LogP contribution is -2.27. The van der Waals surface area contributed by atoms with Gasteiger partial charge in [-0.3, -0.25) is 13.8 Å². The van der Waals surface area contributed by atoms with Gasteiger partial charge in [-0.15, -0.1) is 0 Å². The van der Waals surface area contributed by atoms with E-state index in [1.54, 1.807) is 22.2 Å². The Labute approximate surface area is 159 Å². The normalized spacial score (nSPS) is 18.3. The second-order valence-electron chi connectivity index (χ2n) is 7.02. The van der Waals surface area contributed by atoms with E-state index in [0.717, 1.165) is 17.5 Å². The van der Waals surface area contributed by atoms with Crippen molar-refractivity contribution in [1.29, 1.82) is 0 Å². The highest BCUT2D eigenvalue weighted by Gasteiger charge is 2.26. The summed E-state index contributed by atoms with van der Waals surface area (Å²) in [6, 6.07) is 7.13. The molecule has 0 spiro atoms. The standard InChI is InChI=1S/C19H19N5O4/c1-11(8-25)24-14-5-3-2-4-13(14)23-10-20-15(16(23)19(24)26)17-21-18(28-22-17)12-6-7-27-9-12/h2-5,10-12,25H,6-9H2,1H3. The minimum absolute atomic E-state index is 0.0713. The van der Waals surface area contributed by atoms with Crippen molar-refractivity contribution in [2.45, 2.75) is 25.3 Å². The zero-order chi connectivity index (χ0) is 19.3. The molecule has 2 atom stereocenters. The van der Waals surface area contributed by atoms with Gasteiger partial charge in [0.1, 0.15) is 17.5 Å². The quantitative estimate of drug-likeness (QED) is 0.574. The lowest BCUT2D eigenvalue weighted by atomic mass is 10.1. The van der Waals surface area contributed by atoms with E-state index < -0.39 is 0 Å². The SMILES string of the molecule is CC(CO)n1c(=O)c2c(-c3noc(C4CCOC4)n3)ncn2c2ccccc21. The number of aliphatic hydroxyl groups is 1. The zero-order valence-corrected chi connectivity index (χ0v) is 15.3. The first-order valence-corrected chi connectivity index (χ1v) is 9.22. The third-order valence-electron chi connectivity index (χ3n) is 5.23. The second kappa shape index (κ2) is 6.54. The fourth-order valence-electron chi connectivity index (χ4n) is 3.74. The summed E-state index contributed by atoms with van der Waals surface area (Å²) in [5.74, 6) is 0.848. The summed E-state index contributed by atoms with van der Waals surface area (Å²) in [6.45, 7) is 2.87. The largest absolute Gasteiger partial charge is 0.394 e. The molecule has 1 aliphatic heterocycles. The van der Waals surface area contributed by atoms with Gasteiger partial charge in [-0.2, -0.15) is 4.98 Å². The van der Waals surface area contributed by atoms with Gasteiger partial charge in [0.25, 0.3) is 5.56 Å². The topological polar surface area (TPSA) is 108 Å². The molecule has 3 aromatic heterocycles. The maximum Gasteiger partial charge on any atom is 0.278 e. The van der Waals surface area contributed by atoms with Crippen molar-refractivity contribution >= 4 is 16.6 Å². The molecule has 1 fully saturated rings. The second-order valence-corrected chi connectivity index (χ2v) is 7.02. The fraction of sp³-hybridized carbons (Fsp3) is 0.368. The number of hydrogen-bond acceptors (Lipinski definition) is 7. The lowest BCUT2D eigenvalue weighted by molar-refractivity contribution is 0.189. The summed E-state index contributed by atoms with van der Waals surface area (Å²) in [6.07, 6.45) is 2.42. The first kappa shape index (κ1) is 17.1. The van der Waals surface area contributed by atoms with E-state index in [4.69, 9.17) is 9.26 Å². The first-order valence-electron chi connectivity index (χ1n) is 9.22. The van der Waals surface area contributed by atoms with E-state index in [9.17, 15) is 9.90 Å². The number of hydrogen-bond donors (Lipinski definition) is 1. The Morgan fingerprint density at radius 2 is 2.14 bits per heavy atom. The van der Waals surface area contributed by atoms with Crippen LogP contribution in [0.25, 0.3) is 28.1 Å². The molecule has 0 aliphatic carbocycles. The van der Waals surface area contributed by atoms with Gasteiger partial charge >= 0.3 is 0 Å². The molecular weight excluding hydrogens is 362 g/mol. The molecule has 1 aromatic carbocycles. The molecule has 9 heteroatoms. The Kier molecular flexibility index (Phi) is 3.99. The number of benzene rings is 1. The molecule has 0 radical (unpaired) electrons. The molecule has 144 valence electrons. The van der Waals surface area contributed by atoms with Gasteiger partial charge in [-0.25, -0.2) is 4.98 Å². The van der Waals surface area contributed by atoms with Crippen LogP contribution in [0.1, 0.15) is 31.2 Å². The average Bonchev–Trinajstić information content (AvgIpc) is 3.47. The van der Waals surface area contributed by atoms with Gasteiger partial charge in [-0.05, 0) is 25.5 Å². The highest BCUT2D eigenvalue weighted by Crippen LogP contribution is 2.28. The van der Waals surface area contributed by atoms with E-state index in [1.807, 2.05) is 24.3 Å². The molecule has 28 heavy (non-hydrogen) atoms. The Bertz CT molecular complexity index is 1220. The van der Waals surface area contributed by atoms with Gasteiger partial charge in [0.2, 0.25) is 11.7 Å². The van der Waals surface area contributed by atoms with Gasteiger partial charge in [0, 0.05) is 6.61 Å². The van der Waals surface area contributed by atoms with Crippen molar-refractivity contribution in [2.75, 3.05) is 19.8 Å². The van der Waals surface area contributed by atoms with Crippen LogP contribution in [0.5, 0.6) is 0 Å². The summed E-state index contributed by atoms with van der Waals surface area (Å²) in [7, 11) is 0. The summed E-state index contributed by atoms with van der Waals surface area (Å²) in [4.78, 5) is 22.2. The van der Waals surface area contributed by atoms with Crippen LogP contribution in [0.4, 0.5) is 0 Å². The first-order chi connectivity index (χ1) is 13.7. The Morgan fingerprint density at radius 1 is 1.32 bits per heavy atom. The van der Waals surface area contributed by atoms with E-state index in [1.165, 1.54) is 0 Å². The van der Waals surface area contributed by atoms with E-state index in [2.05, 4.69) is 15.1 Å². The molecule has 9 nitrogen and oxygen atoms in total. The smallest absolute Gasteiger partial charge is 0.278 e. The molecule has 4 heterocycles. The minimum atomic E-state index is -0.387. The fourth-order valence-corrected chi connectivity index (χ4v) is 3.74. The maximum absolute atomic E-state index is 13.3. The van der Waals surface area contributed by atoms with Crippen LogP contribution >= 0.6 is 0 Å². The van der Waals surface area contributed by atoms with Gasteiger partial charge < -0.3 is 14.4 Å². The van der Waals surface area contributed by atoms with E-state index in [0.29, 0.717) is 30.3 Å². The van der Waals surface area contributed by atoms with Crippen molar-refractivity contribution in [2.24, 2.45) is 0 Å². The maximum atomic E-state index is 13.3. The molecule has 1 saturated heterocycles. The van der Waals surface area contributed by atoms with Crippen LogP contribution in [0.2, 0.25) is 0 Å². The zero-order valence-electron chi connectivity index (χ0n) is 15.3. The molecule has 4 aromatic rings. The monoisotopic (exact) mass is 381 g/mol. The number of imidazole rings is 1. The van der Waals surface area contributed by atoms with Crippen molar-refractivity contribution in [3.8, 4) is 11.5 Å². The average molecular weight is 381 g/mol. The van der Waals surface area contributed by atoms with Gasteiger partial charge in [-0.1, -0.05) is 17.3 Å². The summed E-state index contributed by atoms with van der Waals surface area (Å²) >= 11 is 0. The molecule has 0 bridgehead atoms. The van der Waals surface area contributed by atoms with Crippen molar-refractivity contribution in [3.63, 3.8) is 0 Å². The number of fused-ring (bicyclic) bond motifs is 3. The van der Waals surface area contributed by atoms with Crippen LogP contribution < -0.4 is 5.56 Å². The molecule has 1 aliphatic rings. The molecule has 0 saturated carbocycles. The van der Waals surface area contributed by atoms with Crippen molar-refractivity contribution in [1.82, 2.24) is 24.1 Å². The third-order valence-corrected chi connectivity index (χ3v) is 5.23. The number of nitrogens with zero attached hydrogens (tertiary/aromatic N) is 5. The third kappa shape index (κ3) is 2.47. The highest BCUT2D eigenvalue weighted by molar-refractivity contribution is 5.83. The van der Waals surface area contributed by atoms with Crippen LogP contribution in [0.15, 0.2) is 39.9 Å². The predicted molar refractivity (Wildman–Crippen MR) is 100 cm³/mol. The van der Waals surface area contributed by atoms with Gasteiger partial charge in [0.05, 0.1) is 36.2 Å². The summed E-state index contributed by atoms with van der Waals surface area (Å²) in [5, 5.41) is 13.7. The Morgan fingerprint density at radius 3 is 2.89 bits per heavy atom. The van der Waals surface area contributed by atoms with Crippen LogP contribution in [0.3, 0.4) is 0 Å². The molecule has 1 N–H and O–H groups in total. The summed E-state index contributed by atoms with van der Waals surface area (Å²) in [5.41, 5.74) is 1.99. The molecular formula is C19H19N5O4. The number of rotatable bonds is 4. The van der Waals surface area contributed by atoms with Gasteiger partial charge in [0.15, 0.2) is 0 Å². The van der Waals surface area contributed by atoms with Crippen molar-refractivity contribution in [3.05, 3.63) is 46.8 Å². The number of aromatic nitrogens is 5. The molecule has 5 rings (SSSR count). The number of para-hydroxylation sites is 2. The molecule has 0 amide bonds. The van der Waals surface area contributed by atoms with Crippen molar-refractivity contribution < 1.29 is 14.4 Å². The highest BCUT2D eigenvalue weighted by atomic mass is 16.5.